The van der Waals surface area contributed by atoms with Crippen molar-refractivity contribution < 1.29 is 9.15 Å². The molecule has 3 aromatic heterocycles. The minimum absolute atomic E-state index is 0.121. The number of nitrogens with zero attached hydrogens (tertiary/aromatic N) is 2. The van der Waals surface area contributed by atoms with Gasteiger partial charge >= 0.3 is 0 Å². The fraction of sp³-hybridized carbons (Fsp3) is 0.708. The Labute approximate surface area is 634 Å². The summed E-state index contributed by atoms with van der Waals surface area (Å²) in [5, 5.41) is 0. The van der Waals surface area contributed by atoms with E-state index in [4.69, 9.17) is 9.15 Å². The molecule has 0 bridgehead atoms. The Kier molecular flexibility index (Phi) is 37.4. The van der Waals surface area contributed by atoms with Crippen molar-refractivity contribution >= 4 is 0 Å². The summed E-state index contributed by atoms with van der Waals surface area (Å²) in [5.41, 5.74) is 15.4. The predicted octanol–water partition coefficient (Wildman–Crippen LogP) is 29.0. The van der Waals surface area contributed by atoms with Crippen LogP contribution in [0.1, 0.15) is 378 Å². The molecule has 6 heteroatoms. The number of ether oxygens (including phenoxy) is 1. The number of aromatic amines is 2. The van der Waals surface area contributed by atoms with Crippen LogP contribution in [0.3, 0.4) is 0 Å². The Bertz CT molecular complexity index is 3020. The predicted molar refractivity (Wildman–Crippen MR) is 454 cm³/mol. The molecule has 6 nitrogen and oxygen atoms in total. The van der Waals surface area contributed by atoms with E-state index in [1.165, 1.54) is 57.6 Å². The Balaban J connectivity index is 0.00000117. The summed E-state index contributed by atoms with van der Waals surface area (Å²) in [4.78, 5) is 15.7. The highest BCUT2D eigenvalue weighted by molar-refractivity contribution is 5.32. The third-order valence-electron chi connectivity index (χ3n) is 16.2. The Hall–Kier alpha value is -4.68. The molecule has 0 saturated carbocycles. The normalized spacial score (nSPS) is 13.1. The van der Waals surface area contributed by atoms with Gasteiger partial charge in [-0.1, -0.05) is 364 Å². The molecule has 0 amide bonds. The van der Waals surface area contributed by atoms with E-state index < -0.39 is 0 Å². The minimum atomic E-state index is 0.121. The first-order chi connectivity index (χ1) is 45.3. The van der Waals surface area contributed by atoms with Gasteiger partial charge in [0.1, 0.15) is 23.2 Å². The molecule has 102 heavy (non-hydrogen) atoms. The van der Waals surface area contributed by atoms with Crippen LogP contribution in [0.15, 0.2) is 102 Å². The lowest BCUT2D eigenvalue weighted by atomic mass is 9.82. The molecule has 3 heterocycles. The van der Waals surface area contributed by atoms with Crippen LogP contribution in [0.2, 0.25) is 0 Å². The summed E-state index contributed by atoms with van der Waals surface area (Å²) in [6, 6.07) is 31.3. The van der Waals surface area contributed by atoms with Crippen LogP contribution in [0.4, 0.5) is 0 Å². The Morgan fingerprint density at radius 3 is 0.931 bits per heavy atom. The van der Waals surface area contributed by atoms with E-state index in [1.807, 2.05) is 12.4 Å². The molecule has 0 atom stereocenters. The zero-order valence-corrected chi connectivity index (χ0v) is 75.4. The van der Waals surface area contributed by atoms with Crippen molar-refractivity contribution in [2.24, 2.45) is 48.7 Å². The second kappa shape index (κ2) is 39.3. The number of benzene rings is 3. The van der Waals surface area contributed by atoms with Crippen molar-refractivity contribution in [3.05, 3.63) is 165 Å². The molecule has 0 aliphatic carbocycles. The van der Waals surface area contributed by atoms with Crippen LogP contribution in [-0.4, -0.2) is 33.1 Å². The largest absolute Gasteiger partial charge is 0.466 e. The van der Waals surface area contributed by atoms with Gasteiger partial charge < -0.3 is 19.1 Å². The summed E-state index contributed by atoms with van der Waals surface area (Å²) >= 11 is 0. The summed E-state index contributed by atoms with van der Waals surface area (Å²) in [7, 11) is 0. The molecule has 3 aromatic carbocycles. The van der Waals surface area contributed by atoms with E-state index in [2.05, 4.69) is 396 Å². The van der Waals surface area contributed by atoms with E-state index in [0.717, 1.165) is 87.7 Å². The third kappa shape index (κ3) is 51.5. The molecule has 0 spiro atoms. The van der Waals surface area contributed by atoms with Crippen LogP contribution in [0.25, 0.3) is 0 Å². The van der Waals surface area contributed by atoms with E-state index >= 15 is 0 Å². The molecule has 0 radical (unpaired) electrons. The van der Waals surface area contributed by atoms with Gasteiger partial charge in [-0.05, 0) is 161 Å². The van der Waals surface area contributed by atoms with Gasteiger partial charge in [-0.3, -0.25) is 0 Å². The number of nitrogens with one attached hydrogen (secondary N) is 2. The molecule has 0 saturated heterocycles. The quantitative estimate of drug-likeness (QED) is 0.120. The highest BCUT2D eigenvalue weighted by atomic mass is 16.5. The lowest BCUT2D eigenvalue weighted by Crippen LogP contribution is -2.14. The first-order valence-electron chi connectivity index (χ1n) is 39.3. The van der Waals surface area contributed by atoms with Gasteiger partial charge in [0.15, 0.2) is 0 Å². The summed E-state index contributed by atoms with van der Waals surface area (Å²) < 4.78 is 11.4. The van der Waals surface area contributed by atoms with Crippen molar-refractivity contribution in [2.75, 3.05) is 13.2 Å². The van der Waals surface area contributed by atoms with Crippen LogP contribution in [-0.2, 0) is 76.8 Å². The van der Waals surface area contributed by atoms with Gasteiger partial charge in [-0.25, -0.2) is 9.97 Å². The third-order valence-corrected chi connectivity index (χ3v) is 16.2. The van der Waals surface area contributed by atoms with Crippen molar-refractivity contribution in [1.82, 2.24) is 19.9 Å². The van der Waals surface area contributed by atoms with Crippen molar-refractivity contribution in [1.29, 1.82) is 0 Å². The van der Waals surface area contributed by atoms with E-state index in [-0.39, 0.29) is 27.1 Å². The molecule has 0 aliphatic heterocycles. The smallest absolute Gasteiger partial charge is 0.109 e. The van der Waals surface area contributed by atoms with Gasteiger partial charge in [0.05, 0.1) is 0 Å². The maximum Gasteiger partial charge on any atom is 0.109 e. The molecule has 0 fully saturated rings. The fourth-order valence-electron chi connectivity index (χ4n) is 10.9. The average molecular weight is 1410 g/mol. The second-order valence-corrected chi connectivity index (χ2v) is 46.0. The molecular weight excluding hydrogens is 1240 g/mol. The van der Waals surface area contributed by atoms with Crippen LogP contribution >= 0.6 is 0 Å². The average Bonchev–Trinajstić information content (AvgIpc) is 1.21. The number of H-pyrrole nitrogens is 2. The highest BCUT2D eigenvalue weighted by Gasteiger charge is 2.24. The molecule has 584 valence electrons. The maximum absolute atomic E-state index is 5.82. The summed E-state index contributed by atoms with van der Waals surface area (Å²) in [5.74, 6) is 4.41. The molecule has 6 rings (SSSR count). The van der Waals surface area contributed by atoms with Gasteiger partial charge in [0.25, 0.3) is 0 Å². The van der Waals surface area contributed by atoms with Gasteiger partial charge in [-0.15, -0.1) is 0 Å². The Morgan fingerprint density at radius 2 is 0.627 bits per heavy atom. The number of imidazole rings is 2. The fourth-order valence-corrected chi connectivity index (χ4v) is 10.9. The molecule has 0 aliphatic rings. The molecule has 6 aromatic rings. The zero-order chi connectivity index (χ0) is 80.0. The first-order valence-corrected chi connectivity index (χ1v) is 39.3. The van der Waals surface area contributed by atoms with Gasteiger partial charge in [0.2, 0.25) is 0 Å². The van der Waals surface area contributed by atoms with Crippen LogP contribution in [0.5, 0.6) is 0 Å². The topological polar surface area (TPSA) is 79.7 Å². The number of rotatable bonds is 12. The highest BCUT2D eigenvalue weighted by Crippen LogP contribution is 2.33. The Morgan fingerprint density at radius 1 is 0.294 bits per heavy atom. The standard InChI is InChI=1S/2C15H24.C14H22.2C13H24N2.C13H22O.C13H28O/c1-14(2,3)11-12-7-9-13(10-8-12)15(4,5)6;1-14(2,3)11-12-8-7-9-13(10-12)15(4,5)6;1-13(2,3)11-7-9-12(10-8-11)14(4,5)6;2*1-12(2,3)7-10-9-14-11(15-10)8-13(4,5)6;1-12(2,3)9-10-7-8-11(14-10)13(4,5)6;1-12(2,3)8-7-10-14-11-9-13(4,5)6/h2*7-10H,11H2,1-6H3;7-10H,1-6H3;2*9H,7-8H2,1-6H3,(H,14,15);7-8H,9H2,1-6H3;7-11H2,1-6H3. The first kappa shape index (κ1) is 97.3. The van der Waals surface area contributed by atoms with Gasteiger partial charge in [-0.2, -0.15) is 0 Å². The number of hydrogen-bond acceptors (Lipinski definition) is 4. The summed E-state index contributed by atoms with van der Waals surface area (Å²) in [6.07, 6.45) is 15.0. The molecular formula is C96H168N4O2. The number of furan rings is 1. The van der Waals surface area contributed by atoms with Gasteiger partial charge in [0, 0.05) is 61.7 Å². The SMILES string of the molecule is CC(C)(C)CCCOCCC(C)(C)C.CC(C)(C)Cc1ccc(C(C)(C)C)cc1.CC(C)(C)Cc1ccc(C(C)(C)C)o1.CC(C)(C)Cc1cccc(C(C)(C)C)c1.CC(C)(C)Cc1cnc(CC(C)(C)C)[nH]1.CC(C)(C)Cc1cnc(CC(C)(C)C)[nH]1.CC(C)(C)c1ccc(C(C)(C)C)cc1. The minimum Gasteiger partial charge on any atom is -0.466 e. The lowest BCUT2D eigenvalue weighted by molar-refractivity contribution is 0.0994. The lowest BCUT2D eigenvalue weighted by Gasteiger charge is -2.23. The number of aromatic nitrogens is 4. The van der Waals surface area contributed by atoms with Crippen molar-refractivity contribution in [3.63, 3.8) is 0 Å². The number of hydrogen-bond donors (Lipinski definition) is 2. The summed E-state index contributed by atoms with van der Waals surface area (Å²) in [6.45, 7) is 96.3. The van der Waals surface area contributed by atoms with Crippen LogP contribution < -0.4 is 0 Å². The second-order valence-electron chi connectivity index (χ2n) is 46.0. The van der Waals surface area contributed by atoms with Crippen molar-refractivity contribution in [2.45, 2.75) is 382 Å². The van der Waals surface area contributed by atoms with E-state index in [9.17, 15) is 0 Å². The maximum atomic E-state index is 5.82. The zero-order valence-electron chi connectivity index (χ0n) is 75.4. The van der Waals surface area contributed by atoms with E-state index in [0.29, 0.717) is 48.7 Å². The monoisotopic (exact) mass is 1410 g/mol. The van der Waals surface area contributed by atoms with E-state index in [1.54, 1.807) is 0 Å². The van der Waals surface area contributed by atoms with Crippen molar-refractivity contribution in [3.8, 4) is 0 Å². The van der Waals surface area contributed by atoms with Crippen LogP contribution in [0, 0.1) is 48.7 Å². The molecule has 2 N–H and O–H groups in total. The molecule has 0 unspecified atom stereocenters.